The van der Waals surface area contributed by atoms with E-state index in [0.29, 0.717) is 19.0 Å². The van der Waals surface area contributed by atoms with Crippen molar-refractivity contribution in [2.45, 2.75) is 6.42 Å². The minimum Gasteiger partial charge on any atom is -0.481 e. The zero-order chi connectivity index (χ0) is 12.5. The lowest BCUT2D eigenvalue weighted by Gasteiger charge is -2.23. The van der Waals surface area contributed by atoms with Gasteiger partial charge in [0.2, 0.25) is 5.88 Å². The van der Waals surface area contributed by atoms with Crippen LogP contribution in [0.2, 0.25) is 0 Å². The molecule has 1 aromatic heterocycles. The van der Waals surface area contributed by atoms with E-state index in [1.165, 1.54) is 0 Å². The van der Waals surface area contributed by atoms with Crippen molar-refractivity contribution in [2.75, 3.05) is 45.4 Å². The predicted octanol–water partition coefficient (Wildman–Crippen LogP) is 0.892. The van der Waals surface area contributed by atoms with E-state index in [1.807, 2.05) is 18.2 Å². The summed E-state index contributed by atoms with van der Waals surface area (Å²) in [7, 11) is 3.31. The molecule has 2 N–H and O–H groups in total. The third-order valence-corrected chi connectivity index (χ3v) is 2.44. The molecule has 0 saturated carbocycles. The first-order chi connectivity index (χ1) is 8.31. The van der Waals surface area contributed by atoms with E-state index in [0.717, 1.165) is 25.3 Å². The van der Waals surface area contributed by atoms with Crippen LogP contribution < -0.4 is 15.4 Å². The lowest BCUT2D eigenvalue weighted by Crippen LogP contribution is -2.30. The average molecular weight is 239 g/mol. The minimum atomic E-state index is 0.623. The van der Waals surface area contributed by atoms with Gasteiger partial charge < -0.3 is 20.1 Å². The predicted molar refractivity (Wildman–Crippen MR) is 68.5 cm³/mol. The number of rotatable bonds is 8. The molecule has 0 spiro atoms. The summed E-state index contributed by atoms with van der Waals surface area (Å²) in [4.78, 5) is 6.56. The molecular weight excluding hydrogens is 218 g/mol. The van der Waals surface area contributed by atoms with Gasteiger partial charge in [0.15, 0.2) is 0 Å². The number of pyridine rings is 1. The van der Waals surface area contributed by atoms with Crippen LogP contribution in [0, 0.1) is 0 Å². The Balaban J connectivity index is 2.71. The molecule has 0 atom stereocenters. The van der Waals surface area contributed by atoms with Gasteiger partial charge in [0.05, 0.1) is 13.7 Å². The fourth-order valence-electron chi connectivity index (χ4n) is 1.52. The van der Waals surface area contributed by atoms with Gasteiger partial charge in [-0.2, -0.15) is 4.98 Å². The maximum atomic E-state index is 5.54. The van der Waals surface area contributed by atoms with Gasteiger partial charge in [-0.05, 0) is 19.0 Å². The molecule has 1 rings (SSSR count). The first kappa shape index (κ1) is 13.7. The number of methoxy groups -OCH3 is 2. The number of nitrogens with two attached hydrogens (primary N) is 1. The maximum Gasteiger partial charge on any atom is 0.214 e. The smallest absolute Gasteiger partial charge is 0.214 e. The van der Waals surface area contributed by atoms with E-state index in [-0.39, 0.29) is 0 Å². The highest BCUT2D eigenvalue weighted by atomic mass is 16.5. The molecule has 0 radical (unpaired) electrons. The van der Waals surface area contributed by atoms with Crippen LogP contribution >= 0.6 is 0 Å². The van der Waals surface area contributed by atoms with E-state index in [2.05, 4.69) is 9.88 Å². The lowest BCUT2D eigenvalue weighted by molar-refractivity contribution is 0.205. The molecule has 0 amide bonds. The van der Waals surface area contributed by atoms with Crippen LogP contribution in [0.25, 0.3) is 0 Å². The summed E-state index contributed by atoms with van der Waals surface area (Å²) in [6.07, 6.45) is 0.933. The number of hydrogen-bond donors (Lipinski definition) is 1. The van der Waals surface area contributed by atoms with Gasteiger partial charge in [0, 0.05) is 26.3 Å². The quantitative estimate of drug-likeness (QED) is 0.730. The van der Waals surface area contributed by atoms with E-state index in [4.69, 9.17) is 15.2 Å². The number of anilines is 1. The summed E-state index contributed by atoms with van der Waals surface area (Å²) in [5.41, 5.74) is 5.54. The Morgan fingerprint density at radius 3 is 2.76 bits per heavy atom. The molecule has 0 saturated heterocycles. The summed E-state index contributed by atoms with van der Waals surface area (Å²) in [6, 6.07) is 5.74. The topological polar surface area (TPSA) is 60.6 Å². The molecule has 5 heteroatoms. The van der Waals surface area contributed by atoms with Gasteiger partial charge in [-0.1, -0.05) is 6.07 Å². The fraction of sp³-hybridized carbons (Fsp3) is 0.583. The van der Waals surface area contributed by atoms with E-state index < -0.39 is 0 Å². The molecule has 17 heavy (non-hydrogen) atoms. The first-order valence-corrected chi connectivity index (χ1v) is 5.76. The van der Waals surface area contributed by atoms with Gasteiger partial charge >= 0.3 is 0 Å². The van der Waals surface area contributed by atoms with Gasteiger partial charge in [0.1, 0.15) is 5.82 Å². The van der Waals surface area contributed by atoms with Crippen molar-refractivity contribution in [1.29, 1.82) is 0 Å². The van der Waals surface area contributed by atoms with Crippen LogP contribution in [0.5, 0.6) is 5.88 Å². The van der Waals surface area contributed by atoms with Crippen molar-refractivity contribution in [3.63, 3.8) is 0 Å². The van der Waals surface area contributed by atoms with Crippen molar-refractivity contribution in [3.05, 3.63) is 18.2 Å². The largest absolute Gasteiger partial charge is 0.481 e. The third kappa shape index (κ3) is 4.58. The van der Waals surface area contributed by atoms with Crippen molar-refractivity contribution < 1.29 is 9.47 Å². The lowest BCUT2D eigenvalue weighted by atomic mass is 10.3. The molecular formula is C12H21N3O2. The second-order valence-corrected chi connectivity index (χ2v) is 3.66. The summed E-state index contributed by atoms with van der Waals surface area (Å²) in [6.45, 7) is 3.02. The molecule has 0 aromatic carbocycles. The molecule has 0 aliphatic heterocycles. The SMILES string of the molecule is COCCN(CCCN)c1cccc(OC)n1. The van der Waals surface area contributed by atoms with Crippen molar-refractivity contribution >= 4 is 5.82 Å². The maximum absolute atomic E-state index is 5.54. The van der Waals surface area contributed by atoms with Gasteiger partial charge in [-0.15, -0.1) is 0 Å². The standard InChI is InChI=1S/C12H21N3O2/c1-16-10-9-15(8-4-7-13)11-5-3-6-12(14-11)17-2/h3,5-6H,4,7-10,13H2,1-2H3. The first-order valence-electron chi connectivity index (χ1n) is 5.76. The Bertz CT molecular complexity index is 312. The van der Waals surface area contributed by atoms with E-state index >= 15 is 0 Å². The highest BCUT2D eigenvalue weighted by Gasteiger charge is 2.08. The Labute approximate surface area is 103 Å². The van der Waals surface area contributed by atoms with Crippen LogP contribution in [0.3, 0.4) is 0 Å². The second kappa shape index (κ2) is 7.86. The molecule has 5 nitrogen and oxygen atoms in total. The summed E-state index contributed by atoms with van der Waals surface area (Å²) < 4.78 is 10.2. The highest BCUT2D eigenvalue weighted by molar-refractivity contribution is 5.40. The van der Waals surface area contributed by atoms with Crippen LogP contribution in [-0.4, -0.2) is 45.4 Å². The normalized spacial score (nSPS) is 10.3. The van der Waals surface area contributed by atoms with E-state index in [9.17, 15) is 0 Å². The zero-order valence-electron chi connectivity index (χ0n) is 10.6. The number of nitrogens with zero attached hydrogens (tertiary/aromatic N) is 2. The molecule has 1 aromatic rings. The Kier molecular flexibility index (Phi) is 6.35. The van der Waals surface area contributed by atoms with Gasteiger partial charge in [-0.3, -0.25) is 0 Å². The molecule has 0 unspecified atom stereocenters. The molecule has 1 heterocycles. The van der Waals surface area contributed by atoms with E-state index in [1.54, 1.807) is 14.2 Å². The average Bonchev–Trinajstić information content (AvgIpc) is 2.39. The van der Waals surface area contributed by atoms with Crippen molar-refractivity contribution in [3.8, 4) is 5.88 Å². The number of aromatic nitrogens is 1. The van der Waals surface area contributed by atoms with Crippen molar-refractivity contribution in [2.24, 2.45) is 5.73 Å². The second-order valence-electron chi connectivity index (χ2n) is 3.66. The zero-order valence-corrected chi connectivity index (χ0v) is 10.6. The summed E-state index contributed by atoms with van der Waals surface area (Å²) in [5, 5.41) is 0. The van der Waals surface area contributed by atoms with Crippen LogP contribution in [0.4, 0.5) is 5.82 Å². The molecule has 0 aliphatic carbocycles. The molecule has 0 bridgehead atoms. The summed E-state index contributed by atoms with van der Waals surface area (Å²) >= 11 is 0. The molecule has 0 fully saturated rings. The van der Waals surface area contributed by atoms with Crippen LogP contribution in [-0.2, 0) is 4.74 Å². The van der Waals surface area contributed by atoms with Crippen LogP contribution in [0.15, 0.2) is 18.2 Å². The van der Waals surface area contributed by atoms with Crippen molar-refractivity contribution in [1.82, 2.24) is 4.98 Å². The molecule has 0 aliphatic rings. The van der Waals surface area contributed by atoms with Crippen LogP contribution in [0.1, 0.15) is 6.42 Å². The highest BCUT2D eigenvalue weighted by Crippen LogP contribution is 2.15. The number of hydrogen-bond acceptors (Lipinski definition) is 5. The minimum absolute atomic E-state index is 0.623. The third-order valence-electron chi connectivity index (χ3n) is 2.44. The summed E-state index contributed by atoms with van der Waals surface area (Å²) in [5.74, 6) is 1.52. The Morgan fingerprint density at radius 2 is 2.12 bits per heavy atom. The molecule has 96 valence electrons. The fourth-order valence-corrected chi connectivity index (χ4v) is 1.52. The number of ether oxygens (including phenoxy) is 2. The Morgan fingerprint density at radius 1 is 1.29 bits per heavy atom. The van der Waals surface area contributed by atoms with Gasteiger partial charge in [-0.25, -0.2) is 0 Å². The van der Waals surface area contributed by atoms with Gasteiger partial charge in [0.25, 0.3) is 0 Å². The Hall–Kier alpha value is -1.33. The monoisotopic (exact) mass is 239 g/mol.